The van der Waals surface area contributed by atoms with E-state index in [1.807, 2.05) is 18.4 Å². The summed E-state index contributed by atoms with van der Waals surface area (Å²) in [6.07, 6.45) is 1.67. The fourth-order valence-electron chi connectivity index (χ4n) is 1.98. The second kappa shape index (κ2) is 10.0. The first-order valence-corrected chi connectivity index (χ1v) is 11.8. The summed E-state index contributed by atoms with van der Waals surface area (Å²) in [5.74, 6) is 0.962. The van der Waals surface area contributed by atoms with E-state index in [1.165, 1.54) is 34.2 Å². The predicted octanol–water partition coefficient (Wildman–Crippen LogP) is 4.75. The van der Waals surface area contributed by atoms with Crippen molar-refractivity contribution in [2.45, 2.75) is 28.3 Å². The lowest BCUT2D eigenvalue weighted by molar-refractivity contribution is -0.118. The third-order valence-electron chi connectivity index (χ3n) is 3.47. The van der Waals surface area contributed by atoms with Crippen molar-refractivity contribution in [1.29, 1.82) is 0 Å². The van der Waals surface area contributed by atoms with Crippen molar-refractivity contribution in [3.8, 4) is 0 Å². The zero-order chi connectivity index (χ0) is 19.1. The van der Waals surface area contributed by atoms with Gasteiger partial charge in [-0.3, -0.25) is 4.79 Å². The second-order valence-electron chi connectivity index (χ2n) is 5.66. The van der Waals surface area contributed by atoms with Crippen LogP contribution in [0.25, 0.3) is 0 Å². The quantitative estimate of drug-likeness (QED) is 0.315. The zero-order valence-electron chi connectivity index (χ0n) is 14.8. The summed E-state index contributed by atoms with van der Waals surface area (Å²) < 4.78 is 1.69. The lowest BCUT2D eigenvalue weighted by Crippen LogP contribution is -2.19. The van der Waals surface area contributed by atoms with E-state index < -0.39 is 0 Å². The number of thioether (sulfide) groups is 2. The van der Waals surface area contributed by atoms with Crippen molar-refractivity contribution < 1.29 is 4.79 Å². The molecule has 0 aliphatic heterocycles. The molecule has 1 amide bonds. The molecule has 0 bridgehead atoms. The van der Waals surface area contributed by atoms with Crippen LogP contribution in [0.5, 0.6) is 0 Å². The molecule has 2 aromatic heterocycles. The number of nitrogens with zero attached hydrogens (tertiary/aromatic N) is 3. The Morgan fingerprint density at radius 2 is 1.89 bits per heavy atom. The summed E-state index contributed by atoms with van der Waals surface area (Å²) in [7, 11) is 0. The molecule has 27 heavy (non-hydrogen) atoms. The lowest BCUT2D eigenvalue weighted by Gasteiger charge is -1.99. The van der Waals surface area contributed by atoms with Crippen LogP contribution < -0.4 is 5.43 Å². The SMILES string of the molecule is Cc1ccc(CSc2nnc(SCC(=O)N/N=C\c3sccc3C)s2)cc1. The first-order chi connectivity index (χ1) is 13.1. The normalized spacial score (nSPS) is 11.2. The summed E-state index contributed by atoms with van der Waals surface area (Å²) in [6.45, 7) is 4.09. The number of rotatable bonds is 8. The molecule has 0 aliphatic carbocycles. The van der Waals surface area contributed by atoms with Gasteiger partial charge in [-0.15, -0.1) is 21.5 Å². The third kappa shape index (κ3) is 6.46. The number of hydrazone groups is 1. The summed E-state index contributed by atoms with van der Waals surface area (Å²) in [6, 6.07) is 10.5. The number of hydrogen-bond donors (Lipinski definition) is 1. The smallest absolute Gasteiger partial charge is 0.250 e. The summed E-state index contributed by atoms with van der Waals surface area (Å²) >= 11 is 6.13. The van der Waals surface area contributed by atoms with Crippen molar-refractivity contribution in [2.75, 3.05) is 5.75 Å². The first kappa shape index (κ1) is 20.1. The molecule has 0 atom stereocenters. The van der Waals surface area contributed by atoms with Crippen molar-refractivity contribution >= 4 is 58.3 Å². The van der Waals surface area contributed by atoms with E-state index in [1.54, 1.807) is 29.3 Å². The number of thiophene rings is 1. The maximum absolute atomic E-state index is 11.9. The molecule has 5 nitrogen and oxygen atoms in total. The van der Waals surface area contributed by atoms with E-state index >= 15 is 0 Å². The number of aromatic nitrogens is 2. The van der Waals surface area contributed by atoms with Gasteiger partial charge in [-0.05, 0) is 36.4 Å². The van der Waals surface area contributed by atoms with Crippen LogP contribution in [-0.2, 0) is 10.5 Å². The molecular weight excluding hydrogens is 416 g/mol. The minimum absolute atomic E-state index is 0.158. The molecule has 0 aliphatic rings. The Morgan fingerprint density at radius 1 is 1.15 bits per heavy atom. The maximum Gasteiger partial charge on any atom is 0.250 e. The number of nitrogens with one attached hydrogen (secondary N) is 1. The molecule has 1 N–H and O–H groups in total. The van der Waals surface area contributed by atoms with Gasteiger partial charge in [0.2, 0.25) is 0 Å². The van der Waals surface area contributed by atoms with Crippen LogP contribution >= 0.6 is 46.2 Å². The Labute approximate surface area is 174 Å². The van der Waals surface area contributed by atoms with E-state index in [9.17, 15) is 4.79 Å². The van der Waals surface area contributed by atoms with Crippen LogP contribution in [0.2, 0.25) is 0 Å². The Hall–Kier alpha value is -1.68. The van der Waals surface area contributed by atoms with Gasteiger partial charge in [0.15, 0.2) is 8.68 Å². The monoisotopic (exact) mass is 434 g/mol. The highest BCUT2D eigenvalue weighted by Crippen LogP contribution is 2.30. The topological polar surface area (TPSA) is 67.2 Å². The Balaban J connectivity index is 1.41. The second-order valence-corrected chi connectivity index (χ2v) is 10.0. The fourth-order valence-corrected chi connectivity index (χ4v) is 5.54. The average Bonchev–Trinajstić information content (AvgIpc) is 3.29. The summed E-state index contributed by atoms with van der Waals surface area (Å²) in [5, 5.41) is 14.3. The van der Waals surface area contributed by atoms with Crippen molar-refractivity contribution in [3.05, 3.63) is 57.3 Å². The van der Waals surface area contributed by atoms with Crippen molar-refractivity contribution in [1.82, 2.24) is 15.6 Å². The van der Waals surface area contributed by atoms with E-state index in [0.717, 1.165) is 24.9 Å². The van der Waals surface area contributed by atoms with E-state index in [2.05, 4.69) is 51.9 Å². The van der Waals surface area contributed by atoms with E-state index in [4.69, 9.17) is 0 Å². The summed E-state index contributed by atoms with van der Waals surface area (Å²) in [5.41, 5.74) is 6.21. The first-order valence-electron chi connectivity index (χ1n) is 8.11. The highest BCUT2D eigenvalue weighted by atomic mass is 32.2. The van der Waals surface area contributed by atoms with Crippen molar-refractivity contribution in [2.24, 2.45) is 5.10 Å². The molecular formula is C18H18N4OS4. The number of aryl methyl sites for hydroxylation is 2. The van der Waals surface area contributed by atoms with Crippen LogP contribution in [0, 0.1) is 13.8 Å². The van der Waals surface area contributed by atoms with Crippen LogP contribution in [-0.4, -0.2) is 28.1 Å². The molecule has 0 saturated heterocycles. The van der Waals surface area contributed by atoms with Gasteiger partial charge in [-0.25, -0.2) is 5.43 Å². The lowest BCUT2D eigenvalue weighted by atomic mass is 10.2. The molecule has 0 unspecified atom stereocenters. The predicted molar refractivity (Wildman–Crippen MR) is 116 cm³/mol. The average molecular weight is 435 g/mol. The number of carbonyl (C=O) groups excluding carboxylic acids is 1. The van der Waals surface area contributed by atoms with Gasteiger partial charge in [0.1, 0.15) is 0 Å². The molecule has 0 radical (unpaired) electrons. The highest BCUT2D eigenvalue weighted by Gasteiger charge is 2.08. The number of benzene rings is 1. The third-order valence-corrected chi connectivity index (χ3v) is 7.68. The molecule has 140 valence electrons. The molecule has 2 heterocycles. The Kier molecular flexibility index (Phi) is 7.45. The number of hydrogen-bond acceptors (Lipinski definition) is 8. The minimum Gasteiger partial charge on any atom is -0.272 e. The summed E-state index contributed by atoms with van der Waals surface area (Å²) in [4.78, 5) is 12.9. The van der Waals surface area contributed by atoms with E-state index in [-0.39, 0.29) is 11.7 Å². The Morgan fingerprint density at radius 3 is 2.59 bits per heavy atom. The zero-order valence-corrected chi connectivity index (χ0v) is 18.1. The molecule has 0 spiro atoms. The van der Waals surface area contributed by atoms with Crippen LogP contribution in [0.4, 0.5) is 0 Å². The Bertz CT molecular complexity index is 918. The van der Waals surface area contributed by atoms with E-state index in [0.29, 0.717) is 0 Å². The number of amides is 1. The van der Waals surface area contributed by atoms with Crippen LogP contribution in [0.15, 0.2) is 49.5 Å². The largest absolute Gasteiger partial charge is 0.272 e. The molecule has 0 saturated carbocycles. The van der Waals surface area contributed by atoms with Gasteiger partial charge in [-0.1, -0.05) is 64.7 Å². The molecule has 3 rings (SSSR count). The molecule has 3 aromatic rings. The molecule has 0 fully saturated rings. The van der Waals surface area contributed by atoms with Gasteiger partial charge < -0.3 is 0 Å². The maximum atomic E-state index is 11.9. The van der Waals surface area contributed by atoms with Gasteiger partial charge >= 0.3 is 0 Å². The van der Waals surface area contributed by atoms with Gasteiger partial charge in [0.25, 0.3) is 5.91 Å². The standard InChI is InChI=1S/C18H18N4OS4/c1-12-3-5-14(6-4-12)10-25-17-21-22-18(27-17)26-11-16(23)20-19-9-15-13(2)7-8-24-15/h3-9H,10-11H2,1-2H3,(H,20,23)/b19-9-. The van der Waals surface area contributed by atoms with Gasteiger partial charge in [-0.2, -0.15) is 5.10 Å². The fraction of sp³-hybridized carbons (Fsp3) is 0.222. The van der Waals surface area contributed by atoms with Crippen molar-refractivity contribution in [3.63, 3.8) is 0 Å². The molecule has 1 aromatic carbocycles. The van der Waals surface area contributed by atoms with Gasteiger partial charge in [0.05, 0.1) is 12.0 Å². The van der Waals surface area contributed by atoms with Gasteiger partial charge in [0, 0.05) is 10.6 Å². The molecule has 9 heteroatoms. The minimum atomic E-state index is -0.158. The van der Waals surface area contributed by atoms with Crippen LogP contribution in [0.1, 0.15) is 21.6 Å². The highest BCUT2D eigenvalue weighted by molar-refractivity contribution is 8.03. The number of carbonyl (C=O) groups is 1. The van der Waals surface area contributed by atoms with Crippen LogP contribution in [0.3, 0.4) is 0 Å².